The quantitative estimate of drug-likeness (QED) is 0.744. The minimum atomic E-state index is -3.68. The van der Waals surface area contributed by atoms with E-state index in [1.165, 1.54) is 11.1 Å². The first-order valence-corrected chi connectivity index (χ1v) is 6.60. The molecule has 1 rings (SSSR count). The first-order chi connectivity index (χ1) is 7.88. The number of nitrogens with one attached hydrogen (secondary N) is 2. The van der Waals surface area contributed by atoms with Gasteiger partial charge in [-0.05, 0) is 13.8 Å². The van der Waals surface area contributed by atoms with Gasteiger partial charge >= 0.3 is 0 Å². The third kappa shape index (κ3) is 3.27. The van der Waals surface area contributed by atoms with E-state index < -0.39 is 10.0 Å². The maximum absolute atomic E-state index is 11.8. The molecule has 0 aliphatic rings. The van der Waals surface area contributed by atoms with Crippen LogP contribution in [0.2, 0.25) is 0 Å². The second-order valence-corrected chi connectivity index (χ2v) is 5.33. The van der Waals surface area contributed by atoms with Crippen molar-refractivity contribution in [2.45, 2.75) is 18.7 Å². The molecule has 0 aromatic carbocycles. The fraction of sp³-hybridized carbons (Fsp3) is 0.556. The third-order valence-corrected chi connectivity index (χ3v) is 3.90. The summed E-state index contributed by atoms with van der Waals surface area (Å²) >= 11 is 0. The molecular formula is C9H16N4O3S. The van der Waals surface area contributed by atoms with Crippen molar-refractivity contribution in [1.82, 2.24) is 19.8 Å². The fourth-order valence-electron chi connectivity index (χ4n) is 1.16. The molecule has 0 spiro atoms. The highest BCUT2D eigenvalue weighted by atomic mass is 32.2. The Morgan fingerprint density at radius 3 is 2.71 bits per heavy atom. The highest BCUT2D eigenvalue weighted by Crippen LogP contribution is 2.10. The van der Waals surface area contributed by atoms with Crippen molar-refractivity contribution in [3.63, 3.8) is 0 Å². The number of aromatic amines is 1. The molecule has 0 radical (unpaired) electrons. The van der Waals surface area contributed by atoms with Crippen molar-refractivity contribution in [2.24, 2.45) is 0 Å². The Morgan fingerprint density at radius 2 is 2.24 bits per heavy atom. The van der Waals surface area contributed by atoms with Gasteiger partial charge in [0, 0.05) is 13.6 Å². The van der Waals surface area contributed by atoms with E-state index in [0.29, 0.717) is 12.2 Å². The van der Waals surface area contributed by atoms with Gasteiger partial charge in [0.1, 0.15) is 4.90 Å². The lowest BCUT2D eigenvalue weighted by Gasteiger charge is -2.14. The van der Waals surface area contributed by atoms with Crippen LogP contribution in [0, 0.1) is 6.92 Å². The van der Waals surface area contributed by atoms with E-state index in [9.17, 15) is 13.2 Å². The molecule has 0 atom stereocenters. The lowest BCUT2D eigenvalue weighted by molar-refractivity contribution is -0.128. The van der Waals surface area contributed by atoms with Gasteiger partial charge in [0.05, 0.1) is 18.4 Å². The van der Waals surface area contributed by atoms with Crippen LogP contribution >= 0.6 is 0 Å². The molecule has 7 nitrogen and oxygen atoms in total. The number of carbonyl (C=O) groups is 1. The Morgan fingerprint density at radius 1 is 1.59 bits per heavy atom. The van der Waals surface area contributed by atoms with Crippen molar-refractivity contribution in [3.05, 3.63) is 11.9 Å². The van der Waals surface area contributed by atoms with Crippen molar-refractivity contribution in [3.8, 4) is 0 Å². The lowest BCUT2D eigenvalue weighted by Crippen LogP contribution is -2.38. The number of likely N-dealkylation sites (N-methyl/N-ethyl adjacent to an activating group) is 1. The minimum absolute atomic E-state index is 0.0597. The monoisotopic (exact) mass is 260 g/mol. The Kier molecular flexibility index (Phi) is 4.24. The molecule has 0 saturated carbocycles. The zero-order valence-electron chi connectivity index (χ0n) is 10.0. The summed E-state index contributed by atoms with van der Waals surface area (Å²) in [6.45, 7) is 3.69. The molecule has 1 amide bonds. The molecule has 0 unspecified atom stereocenters. The summed E-state index contributed by atoms with van der Waals surface area (Å²) in [5.41, 5.74) is 0.439. The van der Waals surface area contributed by atoms with Crippen LogP contribution in [0.15, 0.2) is 11.1 Å². The smallest absolute Gasteiger partial charge is 0.244 e. The van der Waals surface area contributed by atoms with Crippen LogP contribution < -0.4 is 4.72 Å². The van der Waals surface area contributed by atoms with E-state index in [2.05, 4.69) is 14.9 Å². The number of hydrogen-bond donors (Lipinski definition) is 2. The topological polar surface area (TPSA) is 95.2 Å². The van der Waals surface area contributed by atoms with Crippen LogP contribution in [0.1, 0.15) is 12.6 Å². The maximum atomic E-state index is 11.8. The molecule has 96 valence electrons. The van der Waals surface area contributed by atoms with Crippen molar-refractivity contribution in [2.75, 3.05) is 20.1 Å². The predicted molar refractivity (Wildman–Crippen MR) is 61.8 cm³/mol. The normalized spacial score (nSPS) is 11.5. The Labute approximate surface area is 100 Å². The molecule has 2 N–H and O–H groups in total. The van der Waals surface area contributed by atoms with E-state index in [4.69, 9.17) is 0 Å². The summed E-state index contributed by atoms with van der Waals surface area (Å²) in [5.74, 6) is -0.280. The second-order valence-electron chi connectivity index (χ2n) is 3.59. The number of nitrogens with zero attached hydrogens (tertiary/aromatic N) is 2. The number of aromatic nitrogens is 2. The van der Waals surface area contributed by atoms with Gasteiger partial charge in [0.15, 0.2) is 0 Å². The number of rotatable bonds is 5. The second kappa shape index (κ2) is 5.28. The van der Waals surface area contributed by atoms with Gasteiger partial charge in [-0.3, -0.25) is 9.89 Å². The molecule has 0 aliphatic heterocycles. The van der Waals surface area contributed by atoms with E-state index >= 15 is 0 Å². The highest BCUT2D eigenvalue weighted by Gasteiger charge is 2.20. The third-order valence-electron chi connectivity index (χ3n) is 2.39. The zero-order valence-corrected chi connectivity index (χ0v) is 10.8. The van der Waals surface area contributed by atoms with Crippen LogP contribution in [0.3, 0.4) is 0 Å². The van der Waals surface area contributed by atoms with E-state index in [-0.39, 0.29) is 17.3 Å². The summed E-state index contributed by atoms with van der Waals surface area (Å²) in [6, 6.07) is 0. The molecule has 0 fully saturated rings. The van der Waals surface area contributed by atoms with Crippen LogP contribution in [0.25, 0.3) is 0 Å². The van der Waals surface area contributed by atoms with Gasteiger partial charge in [-0.1, -0.05) is 0 Å². The molecule has 1 heterocycles. The van der Waals surface area contributed by atoms with Crippen molar-refractivity contribution < 1.29 is 13.2 Å². The number of H-pyrrole nitrogens is 1. The number of hydrogen-bond acceptors (Lipinski definition) is 4. The molecule has 0 bridgehead atoms. The average molecular weight is 260 g/mol. The van der Waals surface area contributed by atoms with E-state index in [0.717, 1.165) is 0 Å². The van der Waals surface area contributed by atoms with Crippen molar-refractivity contribution in [1.29, 1.82) is 0 Å². The van der Waals surface area contributed by atoms with Crippen LogP contribution in [0.5, 0.6) is 0 Å². The lowest BCUT2D eigenvalue weighted by atomic mass is 10.5. The van der Waals surface area contributed by atoms with E-state index in [1.54, 1.807) is 14.0 Å². The Hall–Kier alpha value is -1.41. The van der Waals surface area contributed by atoms with Gasteiger partial charge in [-0.2, -0.15) is 5.10 Å². The van der Waals surface area contributed by atoms with Crippen LogP contribution in [-0.2, 0) is 14.8 Å². The van der Waals surface area contributed by atoms with Gasteiger partial charge in [0.2, 0.25) is 15.9 Å². The standard InChI is InChI=1S/C9H16N4O3S/c1-4-13(3)9(14)6-11-17(15,16)8-5-10-12-7(8)2/h5,11H,4,6H2,1-3H3,(H,10,12). The van der Waals surface area contributed by atoms with Gasteiger partial charge in [-0.15, -0.1) is 0 Å². The minimum Gasteiger partial charge on any atom is -0.345 e. The van der Waals surface area contributed by atoms with Gasteiger partial charge in [0.25, 0.3) is 0 Å². The Balaban J connectivity index is 2.70. The fourth-order valence-corrected chi connectivity index (χ4v) is 2.27. The summed E-state index contributed by atoms with van der Waals surface area (Å²) in [6.07, 6.45) is 1.21. The van der Waals surface area contributed by atoms with Gasteiger partial charge < -0.3 is 4.90 Å². The number of sulfonamides is 1. The first-order valence-electron chi connectivity index (χ1n) is 5.12. The van der Waals surface area contributed by atoms with Crippen LogP contribution in [0.4, 0.5) is 0 Å². The summed E-state index contributed by atoms with van der Waals surface area (Å²) in [5, 5.41) is 6.16. The maximum Gasteiger partial charge on any atom is 0.244 e. The molecule has 1 aromatic heterocycles. The van der Waals surface area contributed by atoms with E-state index in [1.807, 2.05) is 6.92 Å². The summed E-state index contributed by atoms with van der Waals surface area (Å²) in [4.78, 5) is 12.9. The number of aryl methyl sites for hydroxylation is 1. The number of amides is 1. The number of carbonyl (C=O) groups excluding carboxylic acids is 1. The Bertz CT molecular complexity index is 494. The molecule has 8 heteroatoms. The molecule has 0 saturated heterocycles. The van der Waals surface area contributed by atoms with Crippen LogP contribution in [-0.4, -0.2) is 49.6 Å². The summed E-state index contributed by atoms with van der Waals surface area (Å²) < 4.78 is 25.8. The molecular weight excluding hydrogens is 244 g/mol. The summed E-state index contributed by atoms with van der Waals surface area (Å²) in [7, 11) is -2.06. The predicted octanol–water partition coefficient (Wildman–Crippen LogP) is -0.525. The largest absolute Gasteiger partial charge is 0.345 e. The zero-order chi connectivity index (χ0) is 13.1. The molecule has 0 aliphatic carbocycles. The average Bonchev–Trinajstić information content (AvgIpc) is 2.72. The highest BCUT2D eigenvalue weighted by molar-refractivity contribution is 7.89. The first kappa shape index (κ1) is 13.7. The van der Waals surface area contributed by atoms with Crippen molar-refractivity contribution >= 4 is 15.9 Å². The molecule has 17 heavy (non-hydrogen) atoms. The SMILES string of the molecule is CCN(C)C(=O)CNS(=O)(=O)c1cn[nH]c1C. The van der Waals surface area contributed by atoms with Gasteiger partial charge in [-0.25, -0.2) is 13.1 Å². The molecule has 1 aromatic rings.